The quantitative estimate of drug-likeness (QED) is 0.814. The monoisotopic (exact) mass is 264 g/mol. The van der Waals surface area contributed by atoms with Crippen molar-refractivity contribution in [2.45, 2.75) is 51.0 Å². The number of halogens is 1. The Balaban J connectivity index is 1.80. The Bertz CT molecular complexity index is 488. The minimum Gasteiger partial charge on any atom is -0.505 e. The van der Waals surface area contributed by atoms with E-state index in [-0.39, 0.29) is 17.3 Å². The molecule has 3 rings (SSSR count). The van der Waals surface area contributed by atoms with Crippen molar-refractivity contribution < 1.29 is 14.6 Å². The molecule has 0 amide bonds. The standard InChI is InChI=1S/C16H21FO2/c1-16-7-6-11(8-12(16)3-5-15(16)19)10-2-4-14(18)13(17)9-10/h2,4,9,11-12,15,18-19H,3,5-8H2,1H3/t11-,12-,15-,16-/m0/s1. The summed E-state index contributed by atoms with van der Waals surface area (Å²) in [6, 6.07) is 4.74. The molecule has 4 atom stereocenters. The Kier molecular flexibility index (Phi) is 3.05. The SMILES string of the molecule is C[C@]12CC[C@H](c3ccc(O)c(F)c3)C[C@@H]1CC[C@@H]2O. The lowest BCUT2D eigenvalue weighted by molar-refractivity contribution is 0.00869. The molecule has 2 saturated carbocycles. The number of hydrogen-bond donors (Lipinski definition) is 2. The van der Waals surface area contributed by atoms with Gasteiger partial charge in [-0.25, -0.2) is 4.39 Å². The van der Waals surface area contributed by atoms with E-state index < -0.39 is 5.82 Å². The summed E-state index contributed by atoms with van der Waals surface area (Å²) in [7, 11) is 0. The van der Waals surface area contributed by atoms with Crippen molar-refractivity contribution in [3.8, 4) is 5.75 Å². The van der Waals surface area contributed by atoms with Gasteiger partial charge in [0.05, 0.1) is 6.10 Å². The van der Waals surface area contributed by atoms with Crippen molar-refractivity contribution in [3.05, 3.63) is 29.6 Å². The van der Waals surface area contributed by atoms with Gasteiger partial charge >= 0.3 is 0 Å². The van der Waals surface area contributed by atoms with Crippen molar-refractivity contribution in [1.29, 1.82) is 0 Å². The molecular weight excluding hydrogens is 243 g/mol. The third kappa shape index (κ3) is 2.04. The highest BCUT2D eigenvalue weighted by Crippen LogP contribution is 2.55. The van der Waals surface area contributed by atoms with E-state index in [1.165, 1.54) is 12.1 Å². The van der Waals surface area contributed by atoms with Gasteiger partial charge in [-0.3, -0.25) is 0 Å². The van der Waals surface area contributed by atoms with Crippen molar-refractivity contribution in [1.82, 2.24) is 0 Å². The van der Waals surface area contributed by atoms with Gasteiger partial charge in [0.2, 0.25) is 0 Å². The van der Waals surface area contributed by atoms with E-state index >= 15 is 0 Å². The predicted octanol–water partition coefficient (Wildman–Crippen LogP) is 3.58. The third-order valence-corrected chi connectivity index (χ3v) is 5.53. The van der Waals surface area contributed by atoms with Gasteiger partial charge in [0.1, 0.15) is 0 Å². The second kappa shape index (κ2) is 4.48. The van der Waals surface area contributed by atoms with Crippen LogP contribution in [0.25, 0.3) is 0 Å². The molecule has 0 aliphatic heterocycles. The Morgan fingerprint density at radius 2 is 2.05 bits per heavy atom. The molecule has 2 aliphatic rings. The van der Waals surface area contributed by atoms with E-state index in [4.69, 9.17) is 0 Å². The molecular formula is C16H21FO2. The van der Waals surface area contributed by atoms with Gasteiger partial charge < -0.3 is 10.2 Å². The predicted molar refractivity (Wildman–Crippen MR) is 71.5 cm³/mol. The van der Waals surface area contributed by atoms with Crippen molar-refractivity contribution in [3.63, 3.8) is 0 Å². The number of aromatic hydroxyl groups is 1. The zero-order chi connectivity index (χ0) is 13.6. The van der Waals surface area contributed by atoms with Crippen LogP contribution in [0.5, 0.6) is 5.75 Å². The third-order valence-electron chi connectivity index (χ3n) is 5.53. The zero-order valence-corrected chi connectivity index (χ0v) is 11.3. The lowest BCUT2D eigenvalue weighted by atomic mass is 9.64. The van der Waals surface area contributed by atoms with E-state index in [1.54, 1.807) is 0 Å². The van der Waals surface area contributed by atoms with Crippen LogP contribution in [0, 0.1) is 17.2 Å². The van der Waals surface area contributed by atoms with E-state index in [1.807, 2.05) is 6.07 Å². The van der Waals surface area contributed by atoms with Gasteiger partial charge in [-0.05, 0) is 67.1 Å². The van der Waals surface area contributed by atoms with Crippen LogP contribution in [-0.4, -0.2) is 16.3 Å². The van der Waals surface area contributed by atoms with Crippen LogP contribution in [0.2, 0.25) is 0 Å². The maximum atomic E-state index is 13.4. The minimum absolute atomic E-state index is 0.0615. The van der Waals surface area contributed by atoms with E-state index in [0.717, 1.165) is 37.7 Å². The summed E-state index contributed by atoms with van der Waals surface area (Å²) in [5.74, 6) is 0.0922. The van der Waals surface area contributed by atoms with Gasteiger partial charge in [0, 0.05) is 0 Å². The largest absolute Gasteiger partial charge is 0.505 e. The van der Waals surface area contributed by atoms with E-state index in [0.29, 0.717) is 11.8 Å². The summed E-state index contributed by atoms with van der Waals surface area (Å²) in [4.78, 5) is 0. The summed E-state index contributed by atoms with van der Waals surface area (Å²) in [6.07, 6.45) is 4.83. The smallest absolute Gasteiger partial charge is 0.165 e. The van der Waals surface area contributed by atoms with Gasteiger partial charge in [-0.1, -0.05) is 13.0 Å². The van der Waals surface area contributed by atoms with Gasteiger partial charge in [-0.2, -0.15) is 0 Å². The fraction of sp³-hybridized carbons (Fsp3) is 0.625. The molecule has 0 spiro atoms. The van der Waals surface area contributed by atoms with Gasteiger partial charge in [0.15, 0.2) is 11.6 Å². The van der Waals surface area contributed by atoms with Crippen molar-refractivity contribution in [2.24, 2.45) is 11.3 Å². The number of phenolic OH excluding ortho intramolecular Hbond substituents is 1. The number of hydrogen-bond acceptors (Lipinski definition) is 2. The molecule has 1 aromatic rings. The van der Waals surface area contributed by atoms with Gasteiger partial charge in [-0.15, -0.1) is 0 Å². The maximum absolute atomic E-state index is 13.4. The lowest BCUT2D eigenvalue weighted by Gasteiger charge is -2.42. The van der Waals surface area contributed by atoms with Crippen LogP contribution < -0.4 is 0 Å². The number of rotatable bonds is 1. The van der Waals surface area contributed by atoms with Crippen molar-refractivity contribution in [2.75, 3.05) is 0 Å². The van der Waals surface area contributed by atoms with Crippen LogP contribution in [0.3, 0.4) is 0 Å². The second-order valence-electron chi connectivity index (χ2n) is 6.48. The molecule has 2 nitrogen and oxygen atoms in total. The molecule has 2 N–H and O–H groups in total. The average Bonchev–Trinajstić information content (AvgIpc) is 2.69. The summed E-state index contributed by atoms with van der Waals surface area (Å²) in [5.41, 5.74) is 1.05. The Morgan fingerprint density at radius 1 is 1.26 bits per heavy atom. The second-order valence-corrected chi connectivity index (χ2v) is 6.48. The van der Waals surface area contributed by atoms with Crippen LogP contribution in [0.1, 0.15) is 50.5 Å². The highest BCUT2D eigenvalue weighted by atomic mass is 19.1. The van der Waals surface area contributed by atoms with E-state index in [9.17, 15) is 14.6 Å². The van der Waals surface area contributed by atoms with Crippen LogP contribution in [-0.2, 0) is 0 Å². The molecule has 2 fully saturated rings. The van der Waals surface area contributed by atoms with Crippen LogP contribution >= 0.6 is 0 Å². The first-order valence-corrected chi connectivity index (χ1v) is 7.17. The molecule has 2 aliphatic carbocycles. The number of aliphatic hydroxyl groups excluding tert-OH is 1. The number of aliphatic hydroxyl groups is 1. The molecule has 0 saturated heterocycles. The Hall–Kier alpha value is -1.09. The molecule has 0 heterocycles. The molecule has 1 aromatic carbocycles. The normalized spacial score (nSPS) is 38.2. The molecule has 0 aromatic heterocycles. The first-order valence-electron chi connectivity index (χ1n) is 7.17. The lowest BCUT2D eigenvalue weighted by Crippen LogP contribution is -2.36. The summed E-state index contributed by atoms with van der Waals surface area (Å²) in [5, 5.41) is 19.4. The highest BCUT2D eigenvalue weighted by Gasteiger charge is 2.48. The average molecular weight is 264 g/mol. The summed E-state index contributed by atoms with van der Waals surface area (Å²) >= 11 is 0. The molecule has 104 valence electrons. The molecule has 0 unspecified atom stereocenters. The fourth-order valence-corrected chi connectivity index (χ4v) is 4.07. The highest BCUT2D eigenvalue weighted by molar-refractivity contribution is 5.30. The van der Waals surface area contributed by atoms with Crippen molar-refractivity contribution >= 4 is 0 Å². The first-order chi connectivity index (χ1) is 9.00. The molecule has 19 heavy (non-hydrogen) atoms. The maximum Gasteiger partial charge on any atom is 0.165 e. The number of benzene rings is 1. The molecule has 0 bridgehead atoms. The Morgan fingerprint density at radius 3 is 2.79 bits per heavy atom. The zero-order valence-electron chi connectivity index (χ0n) is 11.3. The molecule has 0 radical (unpaired) electrons. The molecule has 3 heteroatoms. The number of phenols is 1. The summed E-state index contributed by atoms with van der Waals surface area (Å²) < 4.78 is 13.4. The fourth-order valence-electron chi connectivity index (χ4n) is 4.07. The number of fused-ring (bicyclic) bond motifs is 1. The topological polar surface area (TPSA) is 40.5 Å². The summed E-state index contributed by atoms with van der Waals surface area (Å²) in [6.45, 7) is 2.20. The van der Waals surface area contributed by atoms with Gasteiger partial charge in [0.25, 0.3) is 0 Å². The van der Waals surface area contributed by atoms with Crippen LogP contribution in [0.15, 0.2) is 18.2 Å². The Labute approximate surface area is 113 Å². The van der Waals surface area contributed by atoms with E-state index in [2.05, 4.69) is 6.92 Å². The minimum atomic E-state index is -0.530. The van der Waals surface area contributed by atoms with Crippen LogP contribution in [0.4, 0.5) is 4.39 Å². The first kappa shape index (κ1) is 12.9.